The summed E-state index contributed by atoms with van der Waals surface area (Å²) in [6, 6.07) is 10.7. The van der Waals surface area contributed by atoms with Gasteiger partial charge in [0.15, 0.2) is 0 Å². The van der Waals surface area contributed by atoms with Crippen LogP contribution in [0, 0.1) is 0 Å². The monoisotopic (exact) mass is 344 g/mol. The topological polar surface area (TPSA) is 64.7 Å². The average molecular weight is 344 g/mol. The molecule has 0 aliphatic carbocycles. The molecule has 6 nitrogen and oxygen atoms in total. The smallest absolute Gasteiger partial charge is 0.317 e. The lowest BCUT2D eigenvalue weighted by Crippen LogP contribution is -2.54. The molecule has 2 aliphatic heterocycles. The van der Waals surface area contributed by atoms with Crippen LogP contribution in [-0.4, -0.2) is 55.1 Å². The first-order chi connectivity index (χ1) is 12.1. The van der Waals surface area contributed by atoms with Crippen LogP contribution in [0.25, 0.3) is 0 Å². The number of carbonyl (C=O) groups excluding carboxylic acids is 2. The lowest BCUT2D eigenvalue weighted by molar-refractivity contribution is -0.119. The first-order valence-corrected chi connectivity index (χ1v) is 9.24. The van der Waals surface area contributed by atoms with Gasteiger partial charge in [-0.3, -0.25) is 4.79 Å². The fourth-order valence-corrected chi connectivity index (χ4v) is 3.75. The van der Waals surface area contributed by atoms with Crippen molar-refractivity contribution in [3.8, 4) is 0 Å². The number of anilines is 1. The first-order valence-electron chi connectivity index (χ1n) is 9.24. The summed E-state index contributed by atoms with van der Waals surface area (Å²) < 4.78 is 0. The molecule has 3 rings (SSSR count). The summed E-state index contributed by atoms with van der Waals surface area (Å²) in [5.74, 6) is -0.0273. The molecule has 1 atom stereocenters. The lowest BCUT2D eigenvalue weighted by Gasteiger charge is -2.37. The summed E-state index contributed by atoms with van der Waals surface area (Å²) in [4.78, 5) is 28.0. The SMILES string of the molecule is CC(=O)NC1CCCN(C(=O)NC2CCN(c3ccccc3)CC2)C1. The van der Waals surface area contributed by atoms with E-state index in [1.165, 1.54) is 12.6 Å². The third-order valence-electron chi connectivity index (χ3n) is 5.06. The van der Waals surface area contributed by atoms with E-state index in [0.717, 1.165) is 45.3 Å². The van der Waals surface area contributed by atoms with Gasteiger partial charge in [0.05, 0.1) is 0 Å². The number of piperidine rings is 2. The second kappa shape index (κ2) is 8.23. The molecule has 2 saturated heterocycles. The Morgan fingerprint density at radius 1 is 0.960 bits per heavy atom. The molecule has 2 N–H and O–H groups in total. The summed E-state index contributed by atoms with van der Waals surface area (Å²) in [7, 11) is 0. The van der Waals surface area contributed by atoms with E-state index in [0.29, 0.717) is 6.54 Å². The highest BCUT2D eigenvalue weighted by atomic mass is 16.2. The van der Waals surface area contributed by atoms with Crippen molar-refractivity contribution >= 4 is 17.6 Å². The molecule has 1 aromatic rings. The molecule has 136 valence electrons. The highest BCUT2D eigenvalue weighted by molar-refractivity contribution is 5.75. The van der Waals surface area contributed by atoms with E-state index in [1.807, 2.05) is 11.0 Å². The van der Waals surface area contributed by atoms with Crippen LogP contribution < -0.4 is 15.5 Å². The van der Waals surface area contributed by atoms with E-state index >= 15 is 0 Å². The highest BCUT2D eigenvalue weighted by Gasteiger charge is 2.27. The fourth-order valence-electron chi connectivity index (χ4n) is 3.75. The maximum Gasteiger partial charge on any atom is 0.317 e. The Balaban J connectivity index is 1.45. The van der Waals surface area contributed by atoms with Gasteiger partial charge in [-0.2, -0.15) is 0 Å². The Morgan fingerprint density at radius 2 is 1.68 bits per heavy atom. The number of benzene rings is 1. The Bertz CT molecular complexity index is 584. The molecule has 6 heteroatoms. The largest absolute Gasteiger partial charge is 0.371 e. The Labute approximate surface area is 149 Å². The number of urea groups is 1. The standard InChI is InChI=1S/C19H28N4O2/c1-15(24)20-17-6-5-11-23(14-17)19(25)21-16-9-12-22(13-10-16)18-7-3-2-4-8-18/h2-4,7-8,16-17H,5-6,9-14H2,1H3,(H,20,24)(H,21,25). The zero-order valence-corrected chi connectivity index (χ0v) is 14.9. The highest BCUT2D eigenvalue weighted by Crippen LogP contribution is 2.20. The van der Waals surface area contributed by atoms with Gasteiger partial charge in [-0.15, -0.1) is 0 Å². The maximum atomic E-state index is 12.5. The van der Waals surface area contributed by atoms with E-state index in [4.69, 9.17) is 0 Å². The van der Waals surface area contributed by atoms with Gasteiger partial charge in [-0.25, -0.2) is 4.79 Å². The van der Waals surface area contributed by atoms with Crippen LogP contribution in [0.3, 0.4) is 0 Å². The van der Waals surface area contributed by atoms with Crippen molar-refractivity contribution in [3.63, 3.8) is 0 Å². The Kier molecular flexibility index (Phi) is 5.79. The predicted molar refractivity (Wildman–Crippen MR) is 98.6 cm³/mol. The Hall–Kier alpha value is -2.24. The van der Waals surface area contributed by atoms with Gasteiger partial charge in [0.25, 0.3) is 0 Å². The number of likely N-dealkylation sites (tertiary alicyclic amines) is 1. The van der Waals surface area contributed by atoms with Crippen LogP contribution in [0.5, 0.6) is 0 Å². The molecule has 0 bridgehead atoms. The summed E-state index contributed by atoms with van der Waals surface area (Å²) in [6.45, 7) is 4.82. The molecule has 3 amide bonds. The molecule has 2 fully saturated rings. The van der Waals surface area contributed by atoms with Crippen LogP contribution >= 0.6 is 0 Å². The van der Waals surface area contributed by atoms with Crippen LogP contribution in [0.15, 0.2) is 30.3 Å². The van der Waals surface area contributed by atoms with Crippen molar-refractivity contribution < 1.29 is 9.59 Å². The number of para-hydroxylation sites is 1. The number of hydrogen-bond donors (Lipinski definition) is 2. The predicted octanol–water partition coefficient (Wildman–Crippen LogP) is 1.97. The minimum Gasteiger partial charge on any atom is -0.371 e. The number of carbonyl (C=O) groups is 2. The second-order valence-electron chi connectivity index (χ2n) is 7.03. The van der Waals surface area contributed by atoms with Crippen molar-refractivity contribution in [2.24, 2.45) is 0 Å². The van der Waals surface area contributed by atoms with E-state index in [1.54, 1.807) is 0 Å². The van der Waals surface area contributed by atoms with E-state index in [-0.39, 0.29) is 24.0 Å². The fraction of sp³-hybridized carbons (Fsp3) is 0.579. The average Bonchev–Trinajstić information content (AvgIpc) is 2.63. The van der Waals surface area contributed by atoms with Crippen molar-refractivity contribution in [3.05, 3.63) is 30.3 Å². The minimum absolute atomic E-state index is 0.00760. The van der Waals surface area contributed by atoms with E-state index in [9.17, 15) is 9.59 Å². The molecular weight excluding hydrogens is 316 g/mol. The molecule has 1 unspecified atom stereocenters. The summed E-state index contributed by atoms with van der Waals surface area (Å²) in [5.41, 5.74) is 1.25. The molecule has 2 heterocycles. The molecular formula is C19H28N4O2. The van der Waals surface area contributed by atoms with Crippen LogP contribution in [0.4, 0.5) is 10.5 Å². The van der Waals surface area contributed by atoms with Gasteiger partial charge in [0.1, 0.15) is 0 Å². The van der Waals surface area contributed by atoms with Crippen molar-refractivity contribution in [1.82, 2.24) is 15.5 Å². The molecule has 25 heavy (non-hydrogen) atoms. The lowest BCUT2D eigenvalue weighted by atomic mass is 10.0. The first kappa shape index (κ1) is 17.6. The van der Waals surface area contributed by atoms with Crippen molar-refractivity contribution in [2.75, 3.05) is 31.1 Å². The molecule has 2 aliphatic rings. The van der Waals surface area contributed by atoms with Gasteiger partial charge in [-0.1, -0.05) is 18.2 Å². The zero-order chi connectivity index (χ0) is 17.6. The normalized spacial score (nSPS) is 21.7. The second-order valence-corrected chi connectivity index (χ2v) is 7.03. The summed E-state index contributed by atoms with van der Waals surface area (Å²) >= 11 is 0. The number of nitrogens with one attached hydrogen (secondary N) is 2. The zero-order valence-electron chi connectivity index (χ0n) is 14.9. The third-order valence-corrected chi connectivity index (χ3v) is 5.06. The molecule has 0 spiro atoms. The van der Waals surface area contributed by atoms with Gasteiger partial charge in [0.2, 0.25) is 5.91 Å². The number of hydrogen-bond acceptors (Lipinski definition) is 3. The van der Waals surface area contributed by atoms with Gasteiger partial charge in [0, 0.05) is 50.9 Å². The van der Waals surface area contributed by atoms with Gasteiger partial charge < -0.3 is 20.4 Å². The molecule has 1 aromatic carbocycles. The van der Waals surface area contributed by atoms with Crippen LogP contribution in [0.1, 0.15) is 32.6 Å². The minimum atomic E-state index is -0.0273. The van der Waals surface area contributed by atoms with Gasteiger partial charge in [-0.05, 0) is 37.8 Å². The number of amides is 3. The quantitative estimate of drug-likeness (QED) is 0.881. The third kappa shape index (κ3) is 4.87. The molecule has 0 saturated carbocycles. The van der Waals surface area contributed by atoms with Crippen molar-refractivity contribution in [2.45, 2.75) is 44.7 Å². The molecule has 0 aromatic heterocycles. The van der Waals surface area contributed by atoms with Crippen LogP contribution in [0.2, 0.25) is 0 Å². The van der Waals surface area contributed by atoms with E-state index in [2.05, 4.69) is 39.8 Å². The van der Waals surface area contributed by atoms with Gasteiger partial charge >= 0.3 is 6.03 Å². The maximum absolute atomic E-state index is 12.5. The van der Waals surface area contributed by atoms with Crippen molar-refractivity contribution in [1.29, 1.82) is 0 Å². The number of rotatable bonds is 3. The molecule has 0 radical (unpaired) electrons. The van der Waals surface area contributed by atoms with Crippen LogP contribution in [-0.2, 0) is 4.79 Å². The Morgan fingerprint density at radius 3 is 2.36 bits per heavy atom. The number of nitrogens with zero attached hydrogens (tertiary/aromatic N) is 2. The van der Waals surface area contributed by atoms with E-state index < -0.39 is 0 Å². The summed E-state index contributed by atoms with van der Waals surface area (Å²) in [5, 5.41) is 6.11. The summed E-state index contributed by atoms with van der Waals surface area (Å²) in [6.07, 6.45) is 3.80.